The maximum atomic E-state index is 12.3. The minimum absolute atomic E-state index is 0.0738. The molecule has 0 radical (unpaired) electrons. The molecule has 0 saturated carbocycles. The second kappa shape index (κ2) is 4.03. The zero-order valence-corrected chi connectivity index (χ0v) is 11.2. The van der Waals surface area contributed by atoms with Gasteiger partial charge in [-0.1, -0.05) is 6.07 Å². The van der Waals surface area contributed by atoms with Crippen LogP contribution < -0.4 is 0 Å². The monoisotopic (exact) mass is 270 g/mol. The van der Waals surface area contributed by atoms with E-state index in [-0.39, 0.29) is 16.6 Å². The van der Waals surface area contributed by atoms with E-state index >= 15 is 0 Å². The minimum Gasteiger partial charge on any atom is -0.258 e. The molecule has 0 spiro atoms. The van der Waals surface area contributed by atoms with E-state index in [1.165, 1.54) is 10.4 Å². The number of aryl methyl sites for hydroxylation is 2. The lowest BCUT2D eigenvalue weighted by Gasteiger charge is -2.10. The van der Waals surface area contributed by atoms with Crippen LogP contribution >= 0.6 is 0 Å². The minimum atomic E-state index is -3.75. The Morgan fingerprint density at radius 3 is 2.39 bits per heavy atom. The van der Waals surface area contributed by atoms with E-state index in [1.807, 2.05) is 0 Å². The summed E-state index contributed by atoms with van der Waals surface area (Å²) in [6.45, 7) is 5.48. The van der Waals surface area contributed by atoms with Gasteiger partial charge in [-0.3, -0.25) is 10.1 Å². The Balaban J connectivity index is 2.67. The van der Waals surface area contributed by atoms with E-state index in [2.05, 4.69) is 0 Å². The van der Waals surface area contributed by atoms with Crippen molar-refractivity contribution >= 4 is 15.7 Å². The zero-order chi connectivity index (χ0) is 13.7. The molecule has 2 atom stereocenters. The highest BCUT2D eigenvalue weighted by Gasteiger charge is 2.44. The molecular formula is C11H14N2O4S. The van der Waals surface area contributed by atoms with Gasteiger partial charge in [0.05, 0.1) is 4.92 Å². The fraction of sp³-hybridized carbons (Fsp3) is 0.455. The number of benzene rings is 1. The Hall–Kier alpha value is -1.47. The Morgan fingerprint density at radius 1 is 1.39 bits per heavy atom. The highest BCUT2D eigenvalue weighted by molar-refractivity contribution is 7.89. The van der Waals surface area contributed by atoms with Crippen LogP contribution in [0.25, 0.3) is 0 Å². The summed E-state index contributed by atoms with van der Waals surface area (Å²) in [7, 11) is -3.75. The average molecular weight is 270 g/mol. The van der Waals surface area contributed by atoms with Crippen LogP contribution in [0.5, 0.6) is 0 Å². The third-order valence-electron chi connectivity index (χ3n) is 2.96. The molecule has 98 valence electrons. The largest absolute Gasteiger partial charge is 0.289 e. The van der Waals surface area contributed by atoms with E-state index in [0.717, 1.165) is 0 Å². The van der Waals surface area contributed by atoms with Crippen molar-refractivity contribution in [3.05, 3.63) is 33.4 Å². The predicted molar refractivity (Wildman–Crippen MR) is 65.9 cm³/mol. The number of nitro groups is 1. The molecule has 2 rings (SSSR count). The first-order valence-corrected chi connectivity index (χ1v) is 6.96. The van der Waals surface area contributed by atoms with Gasteiger partial charge in [0.1, 0.15) is 0 Å². The van der Waals surface area contributed by atoms with Gasteiger partial charge >= 0.3 is 0 Å². The maximum Gasteiger partial charge on any atom is 0.289 e. The Kier molecular flexibility index (Phi) is 2.90. The summed E-state index contributed by atoms with van der Waals surface area (Å²) in [6, 6.07) is 2.87. The summed E-state index contributed by atoms with van der Waals surface area (Å²) in [4.78, 5) is 10.2. The Morgan fingerprint density at radius 2 is 1.94 bits per heavy atom. The smallest absolute Gasteiger partial charge is 0.258 e. The van der Waals surface area contributed by atoms with Crippen molar-refractivity contribution in [3.8, 4) is 0 Å². The van der Waals surface area contributed by atoms with Crippen molar-refractivity contribution in [1.82, 2.24) is 4.31 Å². The highest BCUT2D eigenvalue weighted by atomic mass is 32.2. The normalized spacial score (nSPS) is 22.8. The van der Waals surface area contributed by atoms with E-state index in [0.29, 0.717) is 17.7 Å². The predicted octanol–water partition coefficient (Wildman–Crippen LogP) is 1.60. The SMILES string of the molecule is Cc1cc(C)c(S(=O)(=O)N2C[C@@H]2C)c([N+](=O)[O-])c1. The number of hydrogen-bond acceptors (Lipinski definition) is 4. The quantitative estimate of drug-likeness (QED) is 0.474. The van der Waals surface area contributed by atoms with Crippen molar-refractivity contribution in [2.45, 2.75) is 31.7 Å². The van der Waals surface area contributed by atoms with Crippen LogP contribution in [0.2, 0.25) is 0 Å². The summed E-state index contributed by atoms with van der Waals surface area (Å²) < 4.78 is 25.8. The van der Waals surface area contributed by atoms with Crippen LogP contribution in [0.1, 0.15) is 18.1 Å². The first kappa shape index (κ1) is 13.0. The molecule has 0 amide bonds. The molecule has 6 nitrogen and oxygen atoms in total. The fourth-order valence-electron chi connectivity index (χ4n) is 2.07. The lowest BCUT2D eigenvalue weighted by atomic mass is 10.1. The molecule has 18 heavy (non-hydrogen) atoms. The third kappa shape index (κ3) is 1.99. The number of sulfonamides is 1. The van der Waals surface area contributed by atoms with Crippen LogP contribution in [0.3, 0.4) is 0 Å². The third-order valence-corrected chi connectivity index (χ3v) is 5.14. The van der Waals surface area contributed by atoms with Crippen molar-refractivity contribution in [2.24, 2.45) is 0 Å². The van der Waals surface area contributed by atoms with Gasteiger partial charge < -0.3 is 0 Å². The van der Waals surface area contributed by atoms with Crippen molar-refractivity contribution in [3.63, 3.8) is 0 Å². The second-order valence-electron chi connectivity index (χ2n) is 4.61. The molecule has 1 aromatic rings. The van der Waals surface area contributed by atoms with Crippen LogP contribution in [0, 0.1) is 24.0 Å². The zero-order valence-electron chi connectivity index (χ0n) is 10.4. The van der Waals surface area contributed by atoms with Crippen LogP contribution in [0.15, 0.2) is 17.0 Å². The molecule has 0 bridgehead atoms. The molecule has 1 saturated heterocycles. The summed E-state index contributed by atoms with van der Waals surface area (Å²) in [6.07, 6.45) is 0. The first-order chi connectivity index (χ1) is 8.25. The van der Waals surface area contributed by atoms with Gasteiger partial charge in [0.25, 0.3) is 15.7 Å². The molecule has 7 heteroatoms. The molecule has 0 aliphatic carbocycles. The van der Waals surface area contributed by atoms with Gasteiger partial charge in [-0.05, 0) is 31.9 Å². The molecular weight excluding hydrogens is 256 g/mol. The Bertz CT molecular complexity index is 624. The topological polar surface area (TPSA) is 80.3 Å². The lowest BCUT2D eigenvalue weighted by molar-refractivity contribution is -0.388. The van der Waals surface area contributed by atoms with Gasteiger partial charge in [0.2, 0.25) is 0 Å². The van der Waals surface area contributed by atoms with E-state index in [4.69, 9.17) is 0 Å². The maximum absolute atomic E-state index is 12.3. The summed E-state index contributed by atoms with van der Waals surface area (Å²) in [5.74, 6) is 0. The molecule has 0 N–H and O–H groups in total. The van der Waals surface area contributed by atoms with Crippen LogP contribution in [-0.2, 0) is 10.0 Å². The van der Waals surface area contributed by atoms with E-state index < -0.39 is 14.9 Å². The van der Waals surface area contributed by atoms with E-state index in [1.54, 1.807) is 26.8 Å². The van der Waals surface area contributed by atoms with Crippen molar-refractivity contribution in [2.75, 3.05) is 6.54 Å². The van der Waals surface area contributed by atoms with Gasteiger partial charge in [0, 0.05) is 18.7 Å². The molecule has 0 aromatic heterocycles. The Labute approximate surface area is 105 Å². The summed E-state index contributed by atoms with van der Waals surface area (Å²) in [5.41, 5.74) is 0.754. The van der Waals surface area contributed by atoms with Gasteiger partial charge in [0.15, 0.2) is 4.90 Å². The first-order valence-electron chi connectivity index (χ1n) is 5.52. The van der Waals surface area contributed by atoms with Crippen LogP contribution in [0.4, 0.5) is 5.69 Å². The van der Waals surface area contributed by atoms with Gasteiger partial charge in [-0.25, -0.2) is 8.42 Å². The summed E-state index contributed by atoms with van der Waals surface area (Å²) in [5, 5.41) is 11.0. The highest BCUT2D eigenvalue weighted by Crippen LogP contribution is 2.35. The summed E-state index contributed by atoms with van der Waals surface area (Å²) >= 11 is 0. The second-order valence-corrected chi connectivity index (χ2v) is 6.44. The molecule has 1 fully saturated rings. The van der Waals surface area contributed by atoms with Crippen molar-refractivity contribution in [1.29, 1.82) is 0 Å². The lowest BCUT2D eigenvalue weighted by Crippen LogP contribution is -2.17. The molecule has 1 aliphatic rings. The number of rotatable bonds is 3. The molecule has 1 heterocycles. The molecule has 1 aromatic carbocycles. The van der Waals surface area contributed by atoms with Gasteiger partial charge in [-0.15, -0.1) is 0 Å². The fourth-order valence-corrected chi connectivity index (χ4v) is 4.05. The molecule has 1 aliphatic heterocycles. The van der Waals surface area contributed by atoms with Gasteiger partial charge in [-0.2, -0.15) is 4.31 Å². The number of nitrogens with zero attached hydrogens (tertiary/aromatic N) is 2. The number of nitro benzene ring substituents is 1. The average Bonchev–Trinajstić information content (AvgIpc) is 2.94. The van der Waals surface area contributed by atoms with Crippen molar-refractivity contribution < 1.29 is 13.3 Å². The van der Waals surface area contributed by atoms with E-state index in [9.17, 15) is 18.5 Å². The van der Waals surface area contributed by atoms with Crippen LogP contribution in [-0.4, -0.2) is 30.2 Å². The number of hydrogen-bond donors (Lipinski definition) is 0. The molecule has 1 unspecified atom stereocenters. The standard InChI is InChI=1S/C11H14N2O4S/c1-7-4-8(2)11(10(5-7)13(14)15)18(16,17)12-6-9(12)3/h4-5,9H,6H2,1-3H3/t9-,12?/m0/s1.